The van der Waals surface area contributed by atoms with E-state index >= 15 is 8.78 Å². The van der Waals surface area contributed by atoms with E-state index in [9.17, 15) is 9.59 Å². The Bertz CT molecular complexity index is 1080. The summed E-state index contributed by atoms with van der Waals surface area (Å²) >= 11 is 0. The first-order valence-corrected chi connectivity index (χ1v) is 16.9. The molecule has 3 N–H and O–H groups in total. The third-order valence-electron chi connectivity index (χ3n) is 12.1. The lowest BCUT2D eigenvalue weighted by atomic mass is 9.72. The van der Waals surface area contributed by atoms with E-state index in [1.54, 1.807) is 0 Å². The molecule has 0 aromatic heterocycles. The van der Waals surface area contributed by atoms with Crippen molar-refractivity contribution in [3.05, 3.63) is 12.7 Å². The molecule has 2 bridgehead atoms. The molecule has 3 amide bonds. The summed E-state index contributed by atoms with van der Waals surface area (Å²) in [6.45, 7) is 10.8. The number of hydrogen-bond donors (Lipinski definition) is 3. The maximum Gasteiger partial charge on any atom is 0.320 e. The van der Waals surface area contributed by atoms with E-state index < -0.39 is 30.5 Å². The van der Waals surface area contributed by atoms with Gasteiger partial charge in [-0.2, -0.15) is 0 Å². The highest BCUT2D eigenvalue weighted by atomic mass is 19.1. The normalized spacial score (nSPS) is 46.8. The number of amides is 3. The number of rotatable bonds is 3. The summed E-state index contributed by atoms with van der Waals surface area (Å²) in [6, 6.07) is -0.574. The first-order valence-electron chi connectivity index (χ1n) is 16.9. The van der Waals surface area contributed by atoms with Gasteiger partial charge in [0.15, 0.2) is 0 Å². The molecule has 7 rings (SSSR count). The number of carbonyl (C=O) groups is 2. The van der Waals surface area contributed by atoms with Gasteiger partial charge in [-0.25, -0.2) is 13.6 Å². The van der Waals surface area contributed by atoms with Crippen molar-refractivity contribution in [3.8, 4) is 0 Å². The second kappa shape index (κ2) is 11.8. The Morgan fingerprint density at radius 2 is 1.91 bits per heavy atom. The van der Waals surface area contributed by atoms with Crippen molar-refractivity contribution in [1.82, 2.24) is 30.7 Å². The third-order valence-corrected chi connectivity index (χ3v) is 12.1. The van der Waals surface area contributed by atoms with E-state index in [1.807, 2.05) is 9.80 Å². The van der Waals surface area contributed by atoms with E-state index in [2.05, 4.69) is 41.3 Å². The minimum atomic E-state index is -1.25. The van der Waals surface area contributed by atoms with Crippen LogP contribution in [0.3, 0.4) is 0 Å². The number of nitrogens with one attached hydrogen (secondary N) is 3. The van der Waals surface area contributed by atoms with Crippen molar-refractivity contribution in [2.75, 3.05) is 26.2 Å². The molecule has 0 aromatic carbocycles. The van der Waals surface area contributed by atoms with Crippen molar-refractivity contribution in [1.29, 1.82) is 0 Å². The second-order valence-corrected chi connectivity index (χ2v) is 14.5. The minimum Gasteiger partial charge on any atom is -0.378 e. The van der Waals surface area contributed by atoms with E-state index in [1.165, 1.54) is 6.08 Å². The monoisotopic (exact) mass is 604 g/mol. The zero-order valence-electron chi connectivity index (χ0n) is 25.7. The standard InChI is InChI=1S/C32H50F2N6O3/c1-4-25(41)38-13-11-22-23(38)16-39(22)30-19-15-21(34)28-26-20(33)8-5-9-24(26)43-14-6-7-18-10-12-35-27(17(2)3)29(18)40(31(19)36-28)32(42)37-30/h4,17-24,26-31,35-36H,1,5-16H2,2-3H3,(H,37,42)/t18?,19?,20?,21?,22-,23-,24?,26?,27?,28?,29?,30?,31?/m1/s1. The van der Waals surface area contributed by atoms with Gasteiger partial charge in [0, 0.05) is 49.7 Å². The third kappa shape index (κ3) is 5.00. The lowest BCUT2D eigenvalue weighted by Crippen LogP contribution is -2.81. The molecule has 13 atom stereocenters. The average Bonchev–Trinajstić information content (AvgIpc) is 3.30. The number of fused-ring (bicyclic) bond motifs is 6. The fourth-order valence-corrected chi connectivity index (χ4v) is 10.1. The molecular formula is C32H50F2N6O3. The van der Waals surface area contributed by atoms with Crippen LogP contribution < -0.4 is 16.0 Å². The molecule has 0 spiro atoms. The first-order chi connectivity index (χ1) is 20.8. The van der Waals surface area contributed by atoms with Gasteiger partial charge in [0.2, 0.25) is 5.91 Å². The predicted octanol–water partition coefficient (Wildman–Crippen LogP) is 2.77. The molecule has 0 aromatic rings. The molecule has 6 heterocycles. The van der Waals surface area contributed by atoms with Crippen molar-refractivity contribution in [2.45, 2.75) is 126 Å². The van der Waals surface area contributed by atoms with Crippen LogP contribution in [-0.2, 0) is 9.53 Å². The Labute approximate surface area is 254 Å². The maximum atomic E-state index is 16.5. The summed E-state index contributed by atoms with van der Waals surface area (Å²) in [4.78, 5) is 33.0. The molecular weight excluding hydrogens is 554 g/mol. The molecule has 1 aliphatic carbocycles. The Kier molecular flexibility index (Phi) is 8.22. The van der Waals surface area contributed by atoms with Gasteiger partial charge in [-0.3, -0.25) is 15.0 Å². The Morgan fingerprint density at radius 1 is 1.07 bits per heavy atom. The highest BCUT2D eigenvalue weighted by molar-refractivity contribution is 5.87. The second-order valence-electron chi connectivity index (χ2n) is 14.5. The number of ether oxygens (including phenoxy) is 1. The molecule has 11 heteroatoms. The lowest BCUT2D eigenvalue weighted by molar-refractivity contribution is -0.141. The molecule has 240 valence electrons. The molecule has 9 nitrogen and oxygen atoms in total. The van der Waals surface area contributed by atoms with Crippen LogP contribution in [0.5, 0.6) is 0 Å². The minimum absolute atomic E-state index is 0.0584. The molecule has 43 heavy (non-hydrogen) atoms. The van der Waals surface area contributed by atoms with Crippen molar-refractivity contribution in [2.24, 2.45) is 23.7 Å². The fraction of sp³-hybridized carbons (Fsp3) is 0.875. The van der Waals surface area contributed by atoms with Gasteiger partial charge in [0.25, 0.3) is 0 Å². The van der Waals surface area contributed by atoms with Crippen LogP contribution in [-0.4, -0.2) is 114 Å². The van der Waals surface area contributed by atoms with E-state index in [4.69, 9.17) is 4.74 Å². The number of piperidine rings is 2. The SMILES string of the molecule is C=CC(=O)N1CC[C@@H]2[C@H]1CN2C1NC(=O)N2C3NC(C(F)CC31)C1C(F)CCCC1OCCCC1CCNC(C(C)C)C12. The Balaban J connectivity index is 1.24. The number of nitrogens with zero attached hydrogens (tertiary/aromatic N) is 3. The molecule has 0 radical (unpaired) electrons. The van der Waals surface area contributed by atoms with E-state index in [-0.39, 0.29) is 60.7 Å². The predicted molar refractivity (Wildman–Crippen MR) is 158 cm³/mol. The quantitative estimate of drug-likeness (QED) is 0.430. The Hall–Kier alpha value is -1.82. The number of urea groups is 1. The van der Waals surface area contributed by atoms with Crippen molar-refractivity contribution < 1.29 is 23.1 Å². The first kappa shape index (κ1) is 29.9. The van der Waals surface area contributed by atoms with Crippen LogP contribution in [0.2, 0.25) is 0 Å². The van der Waals surface area contributed by atoms with Crippen LogP contribution in [0.15, 0.2) is 12.7 Å². The number of hydrogen-bond acceptors (Lipinski definition) is 6. The molecule has 7 aliphatic rings. The number of halogens is 2. The van der Waals surface area contributed by atoms with Crippen molar-refractivity contribution in [3.63, 3.8) is 0 Å². The fourth-order valence-electron chi connectivity index (χ4n) is 10.1. The maximum absolute atomic E-state index is 16.5. The molecule has 1 saturated carbocycles. The molecule has 6 aliphatic heterocycles. The summed E-state index contributed by atoms with van der Waals surface area (Å²) in [7, 11) is 0. The number of likely N-dealkylation sites (tertiary alicyclic amines) is 2. The number of carbonyl (C=O) groups excluding carboxylic acids is 2. The van der Waals surface area contributed by atoms with Crippen LogP contribution >= 0.6 is 0 Å². The number of alkyl halides is 2. The summed E-state index contributed by atoms with van der Waals surface area (Å²) in [5.41, 5.74) is 0. The zero-order chi connectivity index (χ0) is 30.0. The summed E-state index contributed by atoms with van der Waals surface area (Å²) in [6.07, 6.45) is 3.67. The summed E-state index contributed by atoms with van der Waals surface area (Å²) < 4.78 is 38.6. The zero-order valence-corrected chi connectivity index (χ0v) is 25.7. The van der Waals surface area contributed by atoms with Crippen LogP contribution in [0.25, 0.3) is 0 Å². The van der Waals surface area contributed by atoms with Gasteiger partial charge < -0.3 is 25.2 Å². The van der Waals surface area contributed by atoms with E-state index in [0.717, 1.165) is 45.1 Å². The van der Waals surface area contributed by atoms with Crippen molar-refractivity contribution >= 4 is 11.9 Å². The van der Waals surface area contributed by atoms with Gasteiger partial charge in [-0.05, 0) is 75.8 Å². The largest absolute Gasteiger partial charge is 0.378 e. The average molecular weight is 605 g/mol. The highest BCUT2D eigenvalue weighted by Crippen LogP contribution is 2.45. The van der Waals surface area contributed by atoms with Crippen LogP contribution in [0, 0.1) is 23.7 Å². The summed E-state index contributed by atoms with van der Waals surface area (Å²) in [5.74, 6) is -0.251. The van der Waals surface area contributed by atoms with Crippen LogP contribution in [0.1, 0.15) is 65.2 Å². The van der Waals surface area contributed by atoms with Gasteiger partial charge in [0.05, 0.1) is 30.5 Å². The molecule has 6 saturated heterocycles. The lowest BCUT2D eigenvalue weighted by Gasteiger charge is -2.61. The smallest absolute Gasteiger partial charge is 0.320 e. The van der Waals surface area contributed by atoms with Crippen LogP contribution in [0.4, 0.5) is 13.6 Å². The van der Waals surface area contributed by atoms with Gasteiger partial charge in [0.1, 0.15) is 12.3 Å². The van der Waals surface area contributed by atoms with Gasteiger partial charge in [-0.15, -0.1) is 0 Å². The molecule has 11 unspecified atom stereocenters. The highest BCUT2D eigenvalue weighted by Gasteiger charge is 2.60. The van der Waals surface area contributed by atoms with Gasteiger partial charge >= 0.3 is 6.03 Å². The summed E-state index contributed by atoms with van der Waals surface area (Å²) in [5, 5.41) is 10.7. The van der Waals surface area contributed by atoms with Gasteiger partial charge in [-0.1, -0.05) is 20.4 Å². The topological polar surface area (TPSA) is 89.2 Å². The Morgan fingerprint density at radius 3 is 2.70 bits per heavy atom. The van der Waals surface area contributed by atoms with E-state index in [0.29, 0.717) is 38.0 Å². The molecule has 7 fully saturated rings.